The SMILES string of the molecule is COc1ccc(OC)c(CCNC(=O)CN2C(=O)COc3ccc(S(=O)(=O)N4C[C@H](C)C[C@H](C)C4)cc32)c1. The molecule has 2 heterocycles. The number of carbonyl (C=O) groups is 2. The third-order valence-electron chi connectivity index (χ3n) is 6.85. The van der Waals surface area contributed by atoms with Gasteiger partial charge in [-0.3, -0.25) is 14.5 Å². The first-order valence-corrected chi connectivity index (χ1v) is 14.1. The van der Waals surface area contributed by atoms with Crippen molar-refractivity contribution < 1.29 is 32.2 Å². The smallest absolute Gasteiger partial charge is 0.265 e. The van der Waals surface area contributed by atoms with Gasteiger partial charge in [0, 0.05) is 19.6 Å². The average molecular weight is 546 g/mol. The Balaban J connectivity index is 1.47. The first-order valence-electron chi connectivity index (χ1n) is 12.7. The minimum Gasteiger partial charge on any atom is -0.497 e. The van der Waals surface area contributed by atoms with E-state index in [1.807, 2.05) is 19.9 Å². The number of rotatable bonds is 9. The Morgan fingerprint density at radius 2 is 1.82 bits per heavy atom. The van der Waals surface area contributed by atoms with E-state index < -0.39 is 15.9 Å². The van der Waals surface area contributed by atoms with Crippen molar-refractivity contribution in [2.45, 2.75) is 31.6 Å². The van der Waals surface area contributed by atoms with Gasteiger partial charge in [0.15, 0.2) is 6.61 Å². The highest BCUT2D eigenvalue weighted by Gasteiger charge is 2.34. The monoisotopic (exact) mass is 545 g/mol. The molecule has 2 amide bonds. The van der Waals surface area contributed by atoms with Gasteiger partial charge in [-0.1, -0.05) is 13.8 Å². The second-order valence-electron chi connectivity index (χ2n) is 9.94. The minimum atomic E-state index is -3.77. The van der Waals surface area contributed by atoms with Crippen molar-refractivity contribution in [3.63, 3.8) is 0 Å². The maximum atomic E-state index is 13.4. The van der Waals surface area contributed by atoms with Crippen molar-refractivity contribution in [3.05, 3.63) is 42.0 Å². The van der Waals surface area contributed by atoms with Crippen molar-refractivity contribution in [1.82, 2.24) is 9.62 Å². The lowest BCUT2D eigenvalue weighted by Crippen LogP contribution is -2.45. The van der Waals surface area contributed by atoms with E-state index in [9.17, 15) is 18.0 Å². The molecule has 38 heavy (non-hydrogen) atoms. The quantitative estimate of drug-likeness (QED) is 0.515. The summed E-state index contributed by atoms with van der Waals surface area (Å²) in [5.74, 6) is 1.45. The molecule has 0 bridgehead atoms. The summed E-state index contributed by atoms with van der Waals surface area (Å²) in [5.41, 5.74) is 1.14. The van der Waals surface area contributed by atoms with Gasteiger partial charge in [-0.2, -0.15) is 4.31 Å². The molecule has 4 rings (SSSR count). The molecule has 206 valence electrons. The maximum absolute atomic E-state index is 13.4. The fourth-order valence-corrected chi connectivity index (χ4v) is 6.78. The lowest BCUT2D eigenvalue weighted by atomic mass is 9.94. The molecule has 0 radical (unpaired) electrons. The molecule has 10 nitrogen and oxygen atoms in total. The molecular formula is C27H35N3O7S. The summed E-state index contributed by atoms with van der Waals surface area (Å²) in [6.45, 7) is 4.81. The molecule has 1 saturated heterocycles. The lowest BCUT2D eigenvalue weighted by Gasteiger charge is -2.34. The third kappa shape index (κ3) is 6.05. The zero-order valence-corrected chi connectivity index (χ0v) is 23.0. The summed E-state index contributed by atoms with van der Waals surface area (Å²) in [7, 11) is -0.617. The molecule has 0 aromatic heterocycles. The summed E-state index contributed by atoms with van der Waals surface area (Å²) in [6.07, 6.45) is 1.47. The molecule has 1 N–H and O–H groups in total. The van der Waals surface area contributed by atoms with Crippen molar-refractivity contribution in [2.24, 2.45) is 11.8 Å². The Morgan fingerprint density at radius 1 is 1.08 bits per heavy atom. The lowest BCUT2D eigenvalue weighted by molar-refractivity contribution is -0.125. The minimum absolute atomic E-state index is 0.0754. The highest BCUT2D eigenvalue weighted by molar-refractivity contribution is 7.89. The maximum Gasteiger partial charge on any atom is 0.265 e. The van der Waals surface area contributed by atoms with Crippen LogP contribution in [0, 0.1) is 11.8 Å². The van der Waals surface area contributed by atoms with Gasteiger partial charge in [0.05, 0.1) is 24.8 Å². The molecule has 0 spiro atoms. The van der Waals surface area contributed by atoms with Crippen LogP contribution in [-0.4, -0.2) is 71.5 Å². The van der Waals surface area contributed by atoms with Crippen molar-refractivity contribution in [2.75, 3.05) is 51.9 Å². The van der Waals surface area contributed by atoms with Gasteiger partial charge in [0.25, 0.3) is 5.91 Å². The zero-order chi connectivity index (χ0) is 27.4. The van der Waals surface area contributed by atoms with Gasteiger partial charge in [-0.05, 0) is 66.6 Å². The van der Waals surface area contributed by atoms with E-state index in [1.54, 1.807) is 32.4 Å². The molecule has 2 aliphatic heterocycles. The largest absolute Gasteiger partial charge is 0.497 e. The molecule has 2 aromatic carbocycles. The van der Waals surface area contributed by atoms with Crippen molar-refractivity contribution >= 4 is 27.5 Å². The van der Waals surface area contributed by atoms with Crippen LogP contribution in [0.4, 0.5) is 5.69 Å². The zero-order valence-electron chi connectivity index (χ0n) is 22.2. The first kappa shape index (κ1) is 27.7. The number of benzene rings is 2. The van der Waals surface area contributed by atoms with Gasteiger partial charge in [0.1, 0.15) is 23.8 Å². The highest BCUT2D eigenvalue weighted by Crippen LogP contribution is 2.36. The number of ether oxygens (including phenoxy) is 3. The molecule has 1 fully saturated rings. The number of hydrogen-bond acceptors (Lipinski definition) is 7. The van der Waals surface area contributed by atoms with E-state index in [2.05, 4.69) is 5.32 Å². The summed E-state index contributed by atoms with van der Waals surface area (Å²) < 4.78 is 44.5. The van der Waals surface area contributed by atoms with Crippen LogP contribution in [-0.2, 0) is 26.0 Å². The van der Waals surface area contributed by atoms with Gasteiger partial charge in [-0.25, -0.2) is 8.42 Å². The van der Waals surface area contributed by atoms with Crippen molar-refractivity contribution in [3.8, 4) is 17.2 Å². The molecule has 2 atom stereocenters. The van der Waals surface area contributed by atoms with E-state index in [0.29, 0.717) is 43.3 Å². The second kappa shape index (κ2) is 11.6. The Kier molecular flexibility index (Phi) is 8.47. The van der Waals surface area contributed by atoms with Crippen LogP contribution in [0.2, 0.25) is 0 Å². The van der Waals surface area contributed by atoms with Crippen LogP contribution < -0.4 is 24.4 Å². The number of fused-ring (bicyclic) bond motifs is 1. The number of hydrogen-bond donors (Lipinski definition) is 1. The van der Waals surface area contributed by atoms with E-state index >= 15 is 0 Å². The fraction of sp³-hybridized carbons (Fsp3) is 0.481. The van der Waals surface area contributed by atoms with Gasteiger partial charge < -0.3 is 19.5 Å². The highest BCUT2D eigenvalue weighted by atomic mass is 32.2. The molecule has 0 saturated carbocycles. The number of amides is 2. The number of piperidine rings is 1. The predicted octanol–water partition coefficient (Wildman–Crippen LogP) is 2.45. The van der Waals surface area contributed by atoms with Crippen LogP contribution in [0.25, 0.3) is 0 Å². The van der Waals surface area contributed by atoms with Crippen molar-refractivity contribution in [1.29, 1.82) is 0 Å². The summed E-state index contributed by atoms with van der Waals surface area (Å²) >= 11 is 0. The molecule has 0 unspecified atom stereocenters. The average Bonchev–Trinajstić information content (AvgIpc) is 2.89. The van der Waals surface area contributed by atoms with Crippen LogP contribution >= 0.6 is 0 Å². The molecule has 2 aliphatic rings. The normalized spacial score (nSPS) is 19.9. The molecule has 0 aliphatic carbocycles. The Labute approximate surface area is 223 Å². The van der Waals surface area contributed by atoms with Crippen LogP contribution in [0.3, 0.4) is 0 Å². The van der Waals surface area contributed by atoms with Crippen LogP contribution in [0.5, 0.6) is 17.2 Å². The predicted molar refractivity (Wildman–Crippen MR) is 142 cm³/mol. The van der Waals surface area contributed by atoms with Gasteiger partial charge in [0.2, 0.25) is 15.9 Å². The standard InChI is InChI=1S/C27H35N3O7S/c1-18-11-19(2)15-29(14-18)38(33,34)22-6-8-25-23(13-22)30(27(32)17-37-25)16-26(31)28-10-9-20-12-21(35-3)5-7-24(20)36-4/h5-8,12-13,18-19H,9-11,14-17H2,1-4H3,(H,28,31)/t18-,19+. The fourth-order valence-electron chi connectivity index (χ4n) is 5.08. The molecule has 11 heteroatoms. The summed E-state index contributed by atoms with van der Waals surface area (Å²) in [4.78, 5) is 26.9. The topological polar surface area (TPSA) is 114 Å². The number of carbonyl (C=O) groups excluding carboxylic acids is 2. The van der Waals surface area contributed by atoms with Crippen LogP contribution in [0.1, 0.15) is 25.8 Å². The number of nitrogens with zero attached hydrogens (tertiary/aromatic N) is 2. The van der Waals surface area contributed by atoms with Crippen LogP contribution in [0.15, 0.2) is 41.3 Å². The van der Waals surface area contributed by atoms with E-state index in [0.717, 1.165) is 12.0 Å². The molecule has 2 aromatic rings. The number of nitrogens with one attached hydrogen (secondary N) is 1. The first-order chi connectivity index (χ1) is 18.1. The second-order valence-corrected chi connectivity index (χ2v) is 11.9. The number of sulfonamides is 1. The van der Waals surface area contributed by atoms with E-state index in [-0.39, 0.29) is 41.5 Å². The van der Waals surface area contributed by atoms with Gasteiger partial charge >= 0.3 is 0 Å². The Morgan fingerprint density at radius 3 is 2.50 bits per heavy atom. The Bertz CT molecular complexity index is 1290. The Hall–Kier alpha value is -3.31. The molecular weight excluding hydrogens is 510 g/mol. The summed E-state index contributed by atoms with van der Waals surface area (Å²) in [5, 5.41) is 2.83. The summed E-state index contributed by atoms with van der Waals surface area (Å²) in [6, 6.07) is 9.91. The van der Waals surface area contributed by atoms with E-state index in [1.165, 1.54) is 21.3 Å². The number of methoxy groups -OCH3 is 2. The van der Waals surface area contributed by atoms with E-state index in [4.69, 9.17) is 14.2 Å². The third-order valence-corrected chi connectivity index (χ3v) is 8.68. The number of anilines is 1. The van der Waals surface area contributed by atoms with Gasteiger partial charge in [-0.15, -0.1) is 0 Å².